The summed E-state index contributed by atoms with van der Waals surface area (Å²) in [6.45, 7) is 5.19. The Bertz CT molecular complexity index is 577. The highest BCUT2D eigenvalue weighted by Gasteiger charge is 2.28. The van der Waals surface area contributed by atoms with Crippen LogP contribution in [0.15, 0.2) is 24.3 Å². The summed E-state index contributed by atoms with van der Waals surface area (Å²) in [5.41, 5.74) is 0.297. The van der Waals surface area contributed by atoms with Crippen LogP contribution in [-0.4, -0.2) is 48.7 Å². The number of amides is 2. The molecule has 1 aliphatic rings. The minimum Gasteiger partial charge on any atom is -0.391 e. The van der Waals surface area contributed by atoms with Crippen molar-refractivity contribution < 1.29 is 19.1 Å². The summed E-state index contributed by atoms with van der Waals surface area (Å²) in [6, 6.07) is 4.46. The molecule has 2 amide bonds. The number of halogens is 1. The maximum absolute atomic E-state index is 12.9. The number of hydrogen-bond donors (Lipinski definition) is 4. The van der Waals surface area contributed by atoms with Gasteiger partial charge in [0.2, 0.25) is 5.91 Å². The largest absolute Gasteiger partial charge is 0.391 e. The first kappa shape index (κ1) is 18.4. The van der Waals surface area contributed by atoms with Gasteiger partial charge in [0.1, 0.15) is 11.9 Å². The van der Waals surface area contributed by atoms with Gasteiger partial charge in [-0.1, -0.05) is 13.8 Å². The molecule has 7 heteroatoms. The molecular formula is C17H24FN3O3. The maximum atomic E-state index is 12.9. The Morgan fingerprint density at radius 3 is 2.50 bits per heavy atom. The normalized spacial score (nSPS) is 21.5. The topological polar surface area (TPSA) is 90.5 Å². The van der Waals surface area contributed by atoms with Gasteiger partial charge in [0.05, 0.1) is 6.10 Å². The molecule has 1 aliphatic heterocycles. The molecule has 0 spiro atoms. The first-order valence-corrected chi connectivity index (χ1v) is 8.11. The van der Waals surface area contributed by atoms with Crippen LogP contribution in [0.4, 0.5) is 4.39 Å². The lowest BCUT2D eigenvalue weighted by Crippen LogP contribution is -2.51. The van der Waals surface area contributed by atoms with Crippen LogP contribution in [0.25, 0.3) is 0 Å². The zero-order valence-corrected chi connectivity index (χ0v) is 13.9. The van der Waals surface area contributed by atoms with Crippen molar-refractivity contribution in [2.45, 2.75) is 26.0 Å². The molecule has 0 bridgehead atoms. The van der Waals surface area contributed by atoms with E-state index in [1.807, 2.05) is 13.8 Å². The number of carbonyl (C=O) groups excluding carboxylic acids is 2. The van der Waals surface area contributed by atoms with Crippen LogP contribution in [-0.2, 0) is 4.79 Å². The van der Waals surface area contributed by atoms with E-state index in [1.54, 1.807) is 0 Å². The highest BCUT2D eigenvalue weighted by atomic mass is 19.1. The Hall–Kier alpha value is -1.99. The van der Waals surface area contributed by atoms with Crippen LogP contribution in [0.3, 0.4) is 0 Å². The third-order valence-electron chi connectivity index (χ3n) is 4.18. The molecule has 1 saturated heterocycles. The number of benzene rings is 1. The van der Waals surface area contributed by atoms with Gasteiger partial charge in [-0.05, 0) is 30.2 Å². The Morgan fingerprint density at radius 1 is 1.29 bits per heavy atom. The third kappa shape index (κ3) is 4.75. The molecule has 1 fully saturated rings. The van der Waals surface area contributed by atoms with Crippen LogP contribution in [0.2, 0.25) is 0 Å². The predicted molar refractivity (Wildman–Crippen MR) is 87.9 cm³/mol. The lowest BCUT2D eigenvalue weighted by atomic mass is 10.0. The highest BCUT2D eigenvalue weighted by Crippen LogP contribution is 2.09. The molecule has 2 rings (SSSR count). The van der Waals surface area contributed by atoms with Gasteiger partial charge in [-0.2, -0.15) is 0 Å². The fraction of sp³-hybridized carbons (Fsp3) is 0.529. The van der Waals surface area contributed by atoms with Crippen molar-refractivity contribution in [2.24, 2.45) is 11.8 Å². The highest BCUT2D eigenvalue weighted by molar-refractivity contribution is 5.97. The van der Waals surface area contributed by atoms with E-state index in [-0.39, 0.29) is 17.7 Å². The van der Waals surface area contributed by atoms with Gasteiger partial charge in [0.25, 0.3) is 5.91 Å². The van der Waals surface area contributed by atoms with Crippen LogP contribution in [0.5, 0.6) is 0 Å². The number of aliphatic hydroxyl groups is 1. The van der Waals surface area contributed by atoms with Crippen molar-refractivity contribution in [3.63, 3.8) is 0 Å². The molecule has 0 radical (unpaired) electrons. The number of nitrogens with one attached hydrogen (secondary N) is 3. The molecule has 3 atom stereocenters. The molecule has 0 aliphatic carbocycles. The number of aliphatic hydroxyl groups excluding tert-OH is 1. The number of rotatable bonds is 6. The first-order chi connectivity index (χ1) is 11.4. The van der Waals surface area contributed by atoms with Crippen LogP contribution < -0.4 is 16.0 Å². The fourth-order valence-electron chi connectivity index (χ4n) is 2.63. The summed E-state index contributed by atoms with van der Waals surface area (Å²) >= 11 is 0. The maximum Gasteiger partial charge on any atom is 0.251 e. The van der Waals surface area contributed by atoms with Crippen LogP contribution in [0.1, 0.15) is 24.2 Å². The van der Waals surface area contributed by atoms with E-state index in [0.29, 0.717) is 25.2 Å². The van der Waals surface area contributed by atoms with E-state index in [4.69, 9.17) is 0 Å². The number of carbonyl (C=O) groups is 2. The lowest BCUT2D eigenvalue weighted by molar-refractivity contribution is -0.124. The second-order valence-corrected chi connectivity index (χ2v) is 6.43. The van der Waals surface area contributed by atoms with Crippen molar-refractivity contribution in [2.75, 3.05) is 19.6 Å². The zero-order chi connectivity index (χ0) is 17.7. The Morgan fingerprint density at radius 2 is 1.96 bits per heavy atom. The first-order valence-electron chi connectivity index (χ1n) is 8.11. The van der Waals surface area contributed by atoms with E-state index in [0.717, 1.165) is 0 Å². The van der Waals surface area contributed by atoms with Gasteiger partial charge in [0.15, 0.2) is 0 Å². The zero-order valence-electron chi connectivity index (χ0n) is 13.9. The smallest absolute Gasteiger partial charge is 0.251 e. The van der Waals surface area contributed by atoms with Gasteiger partial charge in [-0.3, -0.25) is 9.59 Å². The van der Waals surface area contributed by atoms with E-state index in [1.165, 1.54) is 24.3 Å². The Kier molecular flexibility index (Phi) is 6.28. The molecule has 1 aromatic carbocycles. The quantitative estimate of drug-likeness (QED) is 0.600. The monoisotopic (exact) mass is 337 g/mol. The number of hydrogen-bond acceptors (Lipinski definition) is 4. The van der Waals surface area contributed by atoms with Crippen molar-refractivity contribution >= 4 is 11.8 Å². The van der Waals surface area contributed by atoms with Gasteiger partial charge < -0.3 is 21.1 Å². The van der Waals surface area contributed by atoms with E-state index < -0.39 is 23.9 Å². The summed E-state index contributed by atoms with van der Waals surface area (Å²) in [7, 11) is 0. The van der Waals surface area contributed by atoms with Crippen molar-refractivity contribution in [3.8, 4) is 0 Å². The lowest BCUT2D eigenvalue weighted by Gasteiger charge is -2.23. The molecule has 1 heterocycles. The van der Waals surface area contributed by atoms with Crippen LogP contribution >= 0.6 is 0 Å². The van der Waals surface area contributed by atoms with Crippen molar-refractivity contribution in [3.05, 3.63) is 35.6 Å². The third-order valence-corrected chi connectivity index (χ3v) is 4.18. The SMILES string of the molecule is CC(C)C(NC(=O)c1ccc(F)cc1)C(=O)NCC1CNCC1O. The molecule has 3 unspecified atom stereocenters. The Labute approximate surface area is 140 Å². The van der Waals surface area contributed by atoms with Gasteiger partial charge in [-0.25, -0.2) is 4.39 Å². The average Bonchev–Trinajstić information content (AvgIpc) is 2.95. The molecule has 4 N–H and O–H groups in total. The number of β-amino-alcohol motifs (C(OH)–C–C–N with tert-alkyl or cyclic N) is 1. The van der Waals surface area contributed by atoms with Crippen molar-refractivity contribution in [1.29, 1.82) is 0 Å². The van der Waals surface area contributed by atoms with Crippen LogP contribution in [0, 0.1) is 17.7 Å². The second-order valence-electron chi connectivity index (χ2n) is 6.43. The van der Waals surface area contributed by atoms with E-state index in [9.17, 15) is 19.1 Å². The van der Waals surface area contributed by atoms with E-state index in [2.05, 4.69) is 16.0 Å². The molecule has 0 aromatic heterocycles. The van der Waals surface area contributed by atoms with Crippen molar-refractivity contribution in [1.82, 2.24) is 16.0 Å². The van der Waals surface area contributed by atoms with Gasteiger partial charge in [-0.15, -0.1) is 0 Å². The molecule has 24 heavy (non-hydrogen) atoms. The minimum absolute atomic E-state index is 0.0328. The van der Waals surface area contributed by atoms with Gasteiger partial charge in [0, 0.05) is 31.1 Å². The average molecular weight is 337 g/mol. The van der Waals surface area contributed by atoms with Gasteiger partial charge >= 0.3 is 0 Å². The fourth-order valence-corrected chi connectivity index (χ4v) is 2.63. The predicted octanol–water partition coefficient (Wildman–Crippen LogP) is 0.277. The molecule has 1 aromatic rings. The standard InChI is InChI=1S/C17H24FN3O3/c1-10(2)15(17(24)20-8-12-7-19-9-14(12)22)21-16(23)11-3-5-13(18)6-4-11/h3-6,10,12,14-15,19,22H,7-9H2,1-2H3,(H,20,24)(H,21,23). The molecule has 132 valence electrons. The second kappa shape index (κ2) is 8.21. The summed E-state index contributed by atoms with van der Waals surface area (Å²) in [5.74, 6) is -1.28. The summed E-state index contributed by atoms with van der Waals surface area (Å²) in [6.07, 6.45) is -0.475. The molecule has 0 saturated carbocycles. The summed E-state index contributed by atoms with van der Waals surface area (Å²) in [4.78, 5) is 24.6. The summed E-state index contributed by atoms with van der Waals surface area (Å²) in [5, 5.41) is 18.3. The minimum atomic E-state index is -0.700. The summed E-state index contributed by atoms with van der Waals surface area (Å²) < 4.78 is 12.9. The Balaban J connectivity index is 1.93. The van der Waals surface area contributed by atoms with E-state index >= 15 is 0 Å². The molecular weight excluding hydrogens is 313 g/mol. The molecule has 6 nitrogen and oxygen atoms in total.